The molecule has 0 radical (unpaired) electrons. The molecule has 0 fully saturated rings. The molecule has 2 N–H and O–H groups in total. The van der Waals surface area contributed by atoms with Gasteiger partial charge in [0.25, 0.3) is 0 Å². The minimum Gasteiger partial charge on any atom is -0.356 e. The largest absolute Gasteiger partial charge is 0.356 e. The van der Waals surface area contributed by atoms with E-state index in [1.54, 1.807) is 12.1 Å². The quantitative estimate of drug-likeness (QED) is 0.611. The highest BCUT2D eigenvalue weighted by Gasteiger charge is 2.17. The first-order chi connectivity index (χ1) is 11.5. The molecule has 1 aromatic heterocycles. The lowest BCUT2D eigenvalue weighted by molar-refractivity contribution is 0.103. The fourth-order valence-corrected chi connectivity index (χ4v) is 3.01. The molecule has 24 heavy (non-hydrogen) atoms. The van der Waals surface area contributed by atoms with Crippen molar-refractivity contribution >= 4 is 28.8 Å². The molecule has 3 aromatic rings. The summed E-state index contributed by atoms with van der Waals surface area (Å²) in [6, 6.07) is 15.4. The maximum absolute atomic E-state index is 12.7. The first-order valence-corrected chi connectivity index (χ1v) is 8.16. The number of anilines is 2. The van der Waals surface area contributed by atoms with Gasteiger partial charge in [0.2, 0.25) is 5.78 Å². The number of aryl methyl sites for hydroxylation is 3. The Morgan fingerprint density at radius 2 is 1.75 bits per heavy atom. The average molecular weight is 339 g/mol. The van der Waals surface area contributed by atoms with Crippen LogP contribution in [-0.4, -0.2) is 10.8 Å². The molecule has 0 spiro atoms. The Hall–Kier alpha value is -2.52. The molecule has 0 aliphatic carbocycles. The number of ketones is 1. The van der Waals surface area contributed by atoms with Crippen LogP contribution >= 0.6 is 11.6 Å². The van der Waals surface area contributed by atoms with Gasteiger partial charge in [0, 0.05) is 22.6 Å². The summed E-state index contributed by atoms with van der Waals surface area (Å²) in [5.41, 5.74) is 5.99. The van der Waals surface area contributed by atoms with Gasteiger partial charge in [0.1, 0.15) is 0 Å². The summed E-state index contributed by atoms with van der Waals surface area (Å²) < 4.78 is 0. The van der Waals surface area contributed by atoms with E-state index in [-0.39, 0.29) is 5.78 Å². The van der Waals surface area contributed by atoms with Crippen LogP contribution in [0.15, 0.2) is 48.5 Å². The number of carbonyl (C=O) groups is 1. The molecular weight excluding hydrogens is 320 g/mol. The number of hydrogen-bond donors (Lipinski definition) is 2. The van der Waals surface area contributed by atoms with Crippen LogP contribution in [0, 0.1) is 20.8 Å². The zero-order valence-corrected chi connectivity index (χ0v) is 14.7. The van der Waals surface area contributed by atoms with Crippen LogP contribution in [0.3, 0.4) is 0 Å². The first-order valence-electron chi connectivity index (χ1n) is 7.79. The fraction of sp³-hybridized carbons (Fsp3) is 0.150. The van der Waals surface area contributed by atoms with Crippen molar-refractivity contribution in [1.82, 2.24) is 4.98 Å². The van der Waals surface area contributed by atoms with Crippen LogP contribution in [0.2, 0.25) is 5.02 Å². The molecule has 0 saturated carbocycles. The third kappa shape index (κ3) is 3.22. The predicted octanol–water partition coefficient (Wildman–Crippen LogP) is 5.57. The molecule has 0 unspecified atom stereocenters. The van der Waals surface area contributed by atoms with Gasteiger partial charge in [-0.15, -0.1) is 0 Å². The van der Waals surface area contributed by atoms with Crippen molar-refractivity contribution in [3.63, 3.8) is 0 Å². The highest BCUT2D eigenvalue weighted by molar-refractivity contribution is 6.35. The summed E-state index contributed by atoms with van der Waals surface area (Å²) in [5.74, 6) is -0.0898. The molecule has 0 aliphatic heterocycles. The van der Waals surface area contributed by atoms with Crippen LogP contribution in [0.25, 0.3) is 0 Å². The second kappa shape index (κ2) is 6.54. The molecule has 0 saturated heterocycles. The number of aromatic nitrogens is 1. The Labute approximate surface area is 146 Å². The maximum Gasteiger partial charge on any atom is 0.210 e. The van der Waals surface area contributed by atoms with Gasteiger partial charge in [-0.3, -0.25) is 4.79 Å². The lowest BCUT2D eigenvalue weighted by Gasteiger charge is -2.11. The Morgan fingerprint density at radius 1 is 1.00 bits per heavy atom. The minimum absolute atomic E-state index is 0.0898. The van der Waals surface area contributed by atoms with Crippen molar-refractivity contribution in [2.24, 2.45) is 0 Å². The van der Waals surface area contributed by atoms with Crippen molar-refractivity contribution in [2.45, 2.75) is 20.8 Å². The first kappa shape index (κ1) is 16.3. The predicted molar refractivity (Wildman–Crippen MR) is 99.6 cm³/mol. The molecular formula is C20H19ClN2O. The lowest BCUT2D eigenvalue weighted by atomic mass is 10.1. The maximum atomic E-state index is 12.7. The lowest BCUT2D eigenvalue weighted by Crippen LogP contribution is -2.05. The number of halogens is 1. The Bertz CT molecular complexity index is 912. The van der Waals surface area contributed by atoms with Crippen LogP contribution < -0.4 is 5.32 Å². The average Bonchev–Trinajstić information content (AvgIpc) is 2.88. The van der Waals surface area contributed by atoms with Gasteiger partial charge in [-0.2, -0.15) is 0 Å². The smallest absolute Gasteiger partial charge is 0.210 e. The molecule has 2 aromatic carbocycles. The Morgan fingerprint density at radius 3 is 2.38 bits per heavy atom. The van der Waals surface area contributed by atoms with E-state index in [2.05, 4.69) is 10.3 Å². The SMILES string of the molecule is Cc1cc(C)c(C(=O)c2ccc(Nc3ccccc3C)cc2Cl)[nH]1. The summed E-state index contributed by atoms with van der Waals surface area (Å²) in [7, 11) is 0. The van der Waals surface area contributed by atoms with Gasteiger partial charge in [-0.25, -0.2) is 0 Å². The topological polar surface area (TPSA) is 44.9 Å². The molecule has 0 aliphatic rings. The summed E-state index contributed by atoms with van der Waals surface area (Å²) in [6.07, 6.45) is 0. The molecule has 0 amide bonds. The summed E-state index contributed by atoms with van der Waals surface area (Å²) in [6.45, 7) is 5.89. The highest BCUT2D eigenvalue weighted by atomic mass is 35.5. The number of H-pyrrole nitrogens is 1. The van der Waals surface area contributed by atoms with Crippen LogP contribution in [0.1, 0.15) is 32.9 Å². The fourth-order valence-electron chi connectivity index (χ4n) is 2.74. The van der Waals surface area contributed by atoms with E-state index >= 15 is 0 Å². The second-order valence-electron chi connectivity index (χ2n) is 5.97. The van der Waals surface area contributed by atoms with Crippen molar-refractivity contribution in [2.75, 3.05) is 5.32 Å². The third-order valence-electron chi connectivity index (χ3n) is 4.01. The van der Waals surface area contributed by atoms with Crippen LogP contribution in [0.5, 0.6) is 0 Å². The Kier molecular flexibility index (Phi) is 4.45. The van der Waals surface area contributed by atoms with Gasteiger partial charge < -0.3 is 10.3 Å². The van der Waals surface area contributed by atoms with Crippen LogP contribution in [-0.2, 0) is 0 Å². The number of nitrogens with one attached hydrogen (secondary N) is 2. The highest BCUT2D eigenvalue weighted by Crippen LogP contribution is 2.27. The van der Waals surface area contributed by atoms with Crippen molar-refractivity contribution in [1.29, 1.82) is 0 Å². The molecule has 4 heteroatoms. The van der Waals surface area contributed by atoms with Gasteiger partial charge in [-0.05, 0) is 62.2 Å². The monoisotopic (exact) mass is 338 g/mol. The van der Waals surface area contributed by atoms with E-state index in [1.165, 1.54) is 0 Å². The van der Waals surface area contributed by atoms with Crippen molar-refractivity contribution < 1.29 is 4.79 Å². The number of aromatic amines is 1. The van der Waals surface area contributed by atoms with Crippen molar-refractivity contribution in [3.8, 4) is 0 Å². The zero-order valence-electron chi connectivity index (χ0n) is 13.9. The number of hydrogen-bond acceptors (Lipinski definition) is 2. The van der Waals surface area contributed by atoms with E-state index < -0.39 is 0 Å². The molecule has 0 bridgehead atoms. The van der Waals surface area contributed by atoms with E-state index in [4.69, 9.17) is 11.6 Å². The summed E-state index contributed by atoms with van der Waals surface area (Å²) in [4.78, 5) is 15.8. The van der Waals surface area contributed by atoms with Crippen molar-refractivity contribution in [3.05, 3.63) is 81.6 Å². The van der Waals surface area contributed by atoms with Gasteiger partial charge >= 0.3 is 0 Å². The summed E-state index contributed by atoms with van der Waals surface area (Å²) >= 11 is 6.36. The summed E-state index contributed by atoms with van der Waals surface area (Å²) in [5, 5.41) is 3.77. The standard InChI is InChI=1S/C20H19ClN2O/c1-12-6-4-5-7-18(12)23-15-8-9-16(17(21)11-15)20(24)19-13(2)10-14(3)22-19/h4-11,22-23H,1-3H3. The van der Waals surface area contributed by atoms with Gasteiger partial charge in [-0.1, -0.05) is 29.8 Å². The number of benzene rings is 2. The molecule has 0 atom stereocenters. The second-order valence-corrected chi connectivity index (χ2v) is 6.38. The number of rotatable bonds is 4. The number of para-hydroxylation sites is 1. The van der Waals surface area contributed by atoms with E-state index in [9.17, 15) is 4.79 Å². The third-order valence-corrected chi connectivity index (χ3v) is 4.33. The molecule has 1 heterocycles. The molecule has 122 valence electrons. The number of carbonyl (C=O) groups excluding carboxylic acids is 1. The molecule has 3 rings (SSSR count). The molecule has 3 nitrogen and oxygen atoms in total. The zero-order chi connectivity index (χ0) is 17.3. The van der Waals surface area contributed by atoms with E-state index in [1.807, 2.05) is 57.2 Å². The minimum atomic E-state index is -0.0898. The van der Waals surface area contributed by atoms with E-state index in [0.29, 0.717) is 16.3 Å². The van der Waals surface area contributed by atoms with Crippen LogP contribution in [0.4, 0.5) is 11.4 Å². The van der Waals surface area contributed by atoms with Gasteiger partial charge in [0.15, 0.2) is 0 Å². The van der Waals surface area contributed by atoms with Gasteiger partial charge in [0.05, 0.1) is 10.7 Å². The van der Waals surface area contributed by atoms with E-state index in [0.717, 1.165) is 28.2 Å². The normalized spacial score (nSPS) is 10.7. The Balaban J connectivity index is 1.89.